The number of methoxy groups -OCH3 is 1. The van der Waals surface area contributed by atoms with Crippen LogP contribution in [-0.2, 0) is 11.2 Å². The molecule has 0 aliphatic heterocycles. The fraction of sp³-hybridized carbons (Fsp3) is 0.250. The van der Waals surface area contributed by atoms with Crippen molar-refractivity contribution in [2.75, 3.05) is 7.11 Å². The highest BCUT2D eigenvalue weighted by Gasteiger charge is 2.20. The molecule has 1 aliphatic carbocycles. The summed E-state index contributed by atoms with van der Waals surface area (Å²) in [5.74, 6) is -1.17. The van der Waals surface area contributed by atoms with Crippen molar-refractivity contribution in [1.29, 1.82) is 0 Å². The normalized spacial score (nSPS) is 13.9. The molecular weight excluding hydrogens is 195 g/mol. The Kier molecular flexibility index (Phi) is 2.31. The van der Waals surface area contributed by atoms with E-state index in [2.05, 4.69) is 11.3 Å². The van der Waals surface area contributed by atoms with Gasteiger partial charge in [-0.05, 0) is 41.7 Å². The number of carbonyl (C=O) groups excluding carboxylic acids is 1. The molecular formula is C12H11FO2. The molecule has 0 unspecified atom stereocenters. The van der Waals surface area contributed by atoms with E-state index >= 15 is 0 Å². The molecule has 2 nitrogen and oxygen atoms in total. The van der Waals surface area contributed by atoms with Crippen LogP contribution < -0.4 is 0 Å². The number of ether oxygens (including phenoxy) is 1. The number of halogens is 1. The quantitative estimate of drug-likeness (QED) is 0.660. The maximum absolute atomic E-state index is 13.5. The first-order chi connectivity index (χ1) is 7.13. The molecule has 0 radical (unpaired) electrons. The van der Waals surface area contributed by atoms with Crippen LogP contribution in [-0.4, -0.2) is 13.1 Å². The number of hydrogen-bond acceptors (Lipinski definition) is 2. The second-order valence-electron chi connectivity index (χ2n) is 3.58. The smallest absolute Gasteiger partial charge is 0.340 e. The zero-order valence-corrected chi connectivity index (χ0v) is 8.47. The van der Waals surface area contributed by atoms with Crippen LogP contribution in [0.4, 0.5) is 4.39 Å². The second kappa shape index (κ2) is 3.50. The Labute approximate surface area is 87.4 Å². The van der Waals surface area contributed by atoms with Crippen LogP contribution >= 0.6 is 0 Å². The van der Waals surface area contributed by atoms with E-state index in [1.165, 1.54) is 13.2 Å². The van der Waals surface area contributed by atoms with Gasteiger partial charge in [0, 0.05) is 0 Å². The molecule has 1 aromatic carbocycles. The minimum Gasteiger partial charge on any atom is -0.465 e. The van der Waals surface area contributed by atoms with Crippen LogP contribution in [0, 0.1) is 5.82 Å². The number of aryl methyl sites for hydroxylation is 1. The number of carbonyl (C=O) groups is 1. The van der Waals surface area contributed by atoms with Gasteiger partial charge >= 0.3 is 5.97 Å². The lowest BCUT2D eigenvalue weighted by Gasteiger charge is -2.05. The molecule has 0 atom stereocenters. The molecule has 15 heavy (non-hydrogen) atoms. The van der Waals surface area contributed by atoms with E-state index in [0.29, 0.717) is 0 Å². The highest BCUT2D eigenvalue weighted by molar-refractivity contribution is 5.91. The van der Waals surface area contributed by atoms with Crippen molar-refractivity contribution in [3.8, 4) is 0 Å². The number of esters is 1. The number of allylic oxidation sites excluding steroid dienone is 1. The Bertz CT molecular complexity index is 449. The number of hydrogen-bond donors (Lipinski definition) is 0. The second-order valence-corrected chi connectivity index (χ2v) is 3.58. The van der Waals surface area contributed by atoms with Crippen molar-refractivity contribution in [2.45, 2.75) is 12.8 Å². The summed E-state index contributed by atoms with van der Waals surface area (Å²) in [6.07, 6.45) is 1.65. The summed E-state index contributed by atoms with van der Waals surface area (Å²) in [7, 11) is 1.24. The van der Waals surface area contributed by atoms with Gasteiger partial charge in [0.2, 0.25) is 0 Å². The minimum absolute atomic E-state index is 0.00551. The van der Waals surface area contributed by atoms with Crippen LogP contribution in [0.3, 0.4) is 0 Å². The maximum Gasteiger partial charge on any atom is 0.340 e. The van der Waals surface area contributed by atoms with Gasteiger partial charge < -0.3 is 4.74 Å². The summed E-state index contributed by atoms with van der Waals surface area (Å²) in [5.41, 5.74) is 2.74. The van der Waals surface area contributed by atoms with Gasteiger partial charge in [-0.2, -0.15) is 0 Å². The average molecular weight is 206 g/mol. The van der Waals surface area contributed by atoms with Gasteiger partial charge in [0.25, 0.3) is 0 Å². The van der Waals surface area contributed by atoms with Crippen LogP contribution in [0.15, 0.2) is 18.7 Å². The lowest BCUT2D eigenvalue weighted by molar-refractivity contribution is 0.0595. The summed E-state index contributed by atoms with van der Waals surface area (Å²) in [5, 5.41) is 0. The van der Waals surface area contributed by atoms with Crippen molar-refractivity contribution in [1.82, 2.24) is 0 Å². The van der Waals surface area contributed by atoms with E-state index in [1.807, 2.05) is 0 Å². The molecule has 1 aliphatic rings. The first-order valence-corrected chi connectivity index (χ1v) is 4.72. The zero-order chi connectivity index (χ0) is 11.0. The van der Waals surface area contributed by atoms with Gasteiger partial charge in [-0.1, -0.05) is 6.58 Å². The average Bonchev–Trinajstić information content (AvgIpc) is 2.58. The van der Waals surface area contributed by atoms with Gasteiger partial charge in [-0.3, -0.25) is 0 Å². The Morgan fingerprint density at radius 3 is 2.87 bits per heavy atom. The van der Waals surface area contributed by atoms with Crippen molar-refractivity contribution < 1.29 is 13.9 Å². The Morgan fingerprint density at radius 2 is 2.20 bits per heavy atom. The third-order valence-corrected chi connectivity index (χ3v) is 2.68. The van der Waals surface area contributed by atoms with Crippen LogP contribution in [0.2, 0.25) is 0 Å². The molecule has 1 aromatic rings. The van der Waals surface area contributed by atoms with Gasteiger partial charge in [0.05, 0.1) is 12.7 Å². The molecule has 0 saturated heterocycles. The van der Waals surface area contributed by atoms with E-state index in [9.17, 15) is 9.18 Å². The van der Waals surface area contributed by atoms with Gasteiger partial charge in [-0.25, -0.2) is 9.18 Å². The van der Waals surface area contributed by atoms with Crippen LogP contribution in [0.1, 0.15) is 27.9 Å². The van der Waals surface area contributed by atoms with Crippen molar-refractivity contribution in [3.05, 3.63) is 41.2 Å². The summed E-state index contributed by atoms with van der Waals surface area (Å²) in [6.45, 7) is 3.85. The number of benzene rings is 1. The summed E-state index contributed by atoms with van der Waals surface area (Å²) < 4.78 is 18.0. The van der Waals surface area contributed by atoms with Crippen LogP contribution in [0.25, 0.3) is 5.57 Å². The molecule has 0 saturated carbocycles. The minimum atomic E-state index is -0.632. The molecule has 0 bridgehead atoms. The zero-order valence-electron chi connectivity index (χ0n) is 8.47. The third kappa shape index (κ3) is 1.54. The van der Waals surface area contributed by atoms with E-state index in [0.717, 1.165) is 29.5 Å². The van der Waals surface area contributed by atoms with Gasteiger partial charge in [-0.15, -0.1) is 0 Å². The highest BCUT2D eigenvalue weighted by atomic mass is 19.1. The topological polar surface area (TPSA) is 26.3 Å². The molecule has 0 spiro atoms. The van der Waals surface area contributed by atoms with E-state index < -0.39 is 11.8 Å². The van der Waals surface area contributed by atoms with E-state index in [-0.39, 0.29) is 5.56 Å². The fourth-order valence-corrected chi connectivity index (χ4v) is 1.84. The Balaban J connectivity index is 2.53. The molecule has 0 N–H and O–H groups in total. The standard InChI is InChI=1S/C12H11FO2/c1-7-3-4-8-5-10(12(14)15-2)11(13)6-9(7)8/h5-6H,1,3-4H2,2H3. The van der Waals surface area contributed by atoms with Crippen molar-refractivity contribution in [3.63, 3.8) is 0 Å². The SMILES string of the molecule is C=C1CCc2cc(C(=O)OC)c(F)cc21. The Hall–Kier alpha value is -1.64. The molecule has 2 rings (SSSR count). The molecule has 78 valence electrons. The molecule has 0 aromatic heterocycles. The van der Waals surface area contributed by atoms with Crippen LogP contribution in [0.5, 0.6) is 0 Å². The molecule has 0 amide bonds. The van der Waals surface area contributed by atoms with Gasteiger partial charge in [0.1, 0.15) is 5.82 Å². The number of rotatable bonds is 1. The predicted molar refractivity (Wildman–Crippen MR) is 55.1 cm³/mol. The van der Waals surface area contributed by atoms with Crippen molar-refractivity contribution >= 4 is 11.5 Å². The summed E-state index contributed by atoms with van der Waals surface area (Å²) in [6, 6.07) is 2.94. The summed E-state index contributed by atoms with van der Waals surface area (Å²) >= 11 is 0. The lowest BCUT2D eigenvalue weighted by atomic mass is 10.0. The maximum atomic E-state index is 13.5. The first kappa shape index (κ1) is 9.90. The predicted octanol–water partition coefficient (Wildman–Crippen LogP) is 2.57. The Morgan fingerprint density at radius 1 is 1.47 bits per heavy atom. The van der Waals surface area contributed by atoms with E-state index in [1.54, 1.807) is 6.07 Å². The first-order valence-electron chi connectivity index (χ1n) is 4.72. The molecule has 0 heterocycles. The summed E-state index contributed by atoms with van der Waals surface area (Å²) in [4.78, 5) is 11.2. The van der Waals surface area contributed by atoms with E-state index in [4.69, 9.17) is 0 Å². The van der Waals surface area contributed by atoms with Crippen molar-refractivity contribution in [2.24, 2.45) is 0 Å². The number of fused-ring (bicyclic) bond motifs is 1. The third-order valence-electron chi connectivity index (χ3n) is 2.68. The molecule has 3 heteroatoms. The fourth-order valence-electron chi connectivity index (χ4n) is 1.84. The highest BCUT2D eigenvalue weighted by Crippen LogP contribution is 2.32. The largest absolute Gasteiger partial charge is 0.465 e. The monoisotopic (exact) mass is 206 g/mol. The van der Waals surface area contributed by atoms with Gasteiger partial charge in [0.15, 0.2) is 0 Å². The molecule has 0 fully saturated rings. The lowest BCUT2D eigenvalue weighted by Crippen LogP contribution is -2.05.